The number of methoxy groups -OCH3 is 1. The van der Waals surface area contributed by atoms with Crippen LogP contribution in [0.15, 0.2) is 66.7 Å². The van der Waals surface area contributed by atoms with Crippen molar-refractivity contribution in [2.75, 3.05) is 82.6 Å². The zero-order valence-electron chi connectivity index (χ0n) is 23.8. The normalized spacial score (nSPS) is 14.5. The molecule has 0 saturated carbocycles. The summed E-state index contributed by atoms with van der Waals surface area (Å²) in [6, 6.07) is 22.1. The van der Waals surface area contributed by atoms with E-state index in [1.165, 1.54) is 0 Å². The van der Waals surface area contributed by atoms with Gasteiger partial charge in [0.2, 0.25) is 5.91 Å². The van der Waals surface area contributed by atoms with Crippen LogP contribution in [0.3, 0.4) is 0 Å². The van der Waals surface area contributed by atoms with E-state index in [0.717, 1.165) is 47.7 Å². The van der Waals surface area contributed by atoms with E-state index < -0.39 is 0 Å². The number of halogens is 2. The van der Waals surface area contributed by atoms with E-state index in [-0.39, 0.29) is 18.5 Å². The Kier molecular flexibility index (Phi) is 12.0. The van der Waals surface area contributed by atoms with E-state index in [2.05, 4.69) is 46.0 Å². The Morgan fingerprint density at radius 1 is 1.07 bits per heavy atom. The molecule has 1 saturated heterocycles. The number of hydrogen-bond donors (Lipinski definition) is 1. The average Bonchev–Trinajstić information content (AvgIpc) is 3.00. The molecule has 7 nitrogen and oxygen atoms in total. The minimum absolute atomic E-state index is 0.00373. The van der Waals surface area contributed by atoms with Gasteiger partial charge in [-0.05, 0) is 35.4 Å². The molecule has 1 N–H and O–H groups in total. The fourth-order valence-electron chi connectivity index (χ4n) is 4.93. The highest BCUT2D eigenvalue weighted by atomic mass is 35.5. The Morgan fingerprint density at radius 2 is 1.80 bits per heavy atom. The van der Waals surface area contributed by atoms with Gasteiger partial charge in [-0.2, -0.15) is 0 Å². The second-order valence-corrected chi connectivity index (χ2v) is 11.3. The molecule has 1 aliphatic heterocycles. The third kappa shape index (κ3) is 8.53. The molecule has 0 aliphatic carbocycles. The van der Waals surface area contributed by atoms with E-state index in [1.54, 1.807) is 31.2 Å². The minimum Gasteiger partial charge on any atom is -0.383 e. The van der Waals surface area contributed by atoms with Gasteiger partial charge < -0.3 is 24.0 Å². The van der Waals surface area contributed by atoms with E-state index in [1.807, 2.05) is 41.3 Å². The standard InChI is InChI=1S/C31H38Cl2N4O3S/c1-35(31(38)22-37(16-17-39-2)25-12-13-27(32)28(33)20-25)30(21-36-14-18-40-19-15-36)24-10-8-23(9-11-24)26-6-4-5-7-29(26)34-41-3/h4-13,20,30,34H,14-19,21-22H2,1-3H3. The second-order valence-electron chi connectivity index (χ2n) is 9.92. The maximum Gasteiger partial charge on any atom is 0.242 e. The van der Waals surface area contributed by atoms with Gasteiger partial charge in [0.25, 0.3) is 0 Å². The van der Waals surface area contributed by atoms with Gasteiger partial charge in [-0.1, -0.05) is 77.6 Å². The molecule has 10 heteroatoms. The van der Waals surface area contributed by atoms with Crippen molar-refractivity contribution in [3.05, 3.63) is 82.3 Å². The fraction of sp³-hybridized carbons (Fsp3) is 0.387. The summed E-state index contributed by atoms with van der Waals surface area (Å²) in [5.41, 5.74) is 5.24. The highest BCUT2D eigenvalue weighted by Crippen LogP contribution is 2.32. The van der Waals surface area contributed by atoms with Crippen LogP contribution in [-0.4, -0.2) is 88.7 Å². The molecular formula is C31H38Cl2N4O3S. The summed E-state index contributed by atoms with van der Waals surface area (Å²) in [6.07, 6.45) is 2.01. The van der Waals surface area contributed by atoms with Crippen LogP contribution < -0.4 is 9.62 Å². The number of hydrogen-bond acceptors (Lipinski definition) is 7. The van der Waals surface area contributed by atoms with Crippen LogP contribution in [0.1, 0.15) is 11.6 Å². The highest BCUT2D eigenvalue weighted by molar-refractivity contribution is 7.99. The lowest BCUT2D eigenvalue weighted by atomic mass is 9.98. The molecule has 41 heavy (non-hydrogen) atoms. The summed E-state index contributed by atoms with van der Waals surface area (Å²) in [6.45, 7) is 5.00. The number of morpholine rings is 1. The lowest BCUT2D eigenvalue weighted by Crippen LogP contribution is -2.46. The summed E-state index contributed by atoms with van der Waals surface area (Å²) in [5, 5.41) is 0.929. The molecule has 3 aromatic rings. The van der Waals surface area contributed by atoms with Crippen molar-refractivity contribution in [1.82, 2.24) is 9.80 Å². The predicted molar refractivity (Wildman–Crippen MR) is 172 cm³/mol. The number of nitrogens with one attached hydrogen (secondary N) is 1. The van der Waals surface area contributed by atoms with Gasteiger partial charge in [-0.3, -0.25) is 9.69 Å². The van der Waals surface area contributed by atoms with Crippen LogP contribution in [0.2, 0.25) is 10.0 Å². The lowest BCUT2D eigenvalue weighted by Gasteiger charge is -2.36. The predicted octanol–water partition coefficient (Wildman–Crippen LogP) is 6.34. The molecule has 1 unspecified atom stereocenters. The van der Waals surface area contributed by atoms with Crippen molar-refractivity contribution in [3.8, 4) is 11.1 Å². The number of ether oxygens (including phenoxy) is 2. The van der Waals surface area contributed by atoms with E-state index in [0.29, 0.717) is 36.4 Å². The Morgan fingerprint density at radius 3 is 2.49 bits per heavy atom. The molecule has 0 aromatic heterocycles. The summed E-state index contributed by atoms with van der Waals surface area (Å²) in [4.78, 5) is 20.0. The third-order valence-corrected chi connectivity index (χ3v) is 8.46. The molecule has 0 bridgehead atoms. The first-order chi connectivity index (χ1) is 19.9. The van der Waals surface area contributed by atoms with Crippen LogP contribution in [0, 0.1) is 0 Å². The number of nitrogens with zero attached hydrogens (tertiary/aromatic N) is 3. The van der Waals surface area contributed by atoms with Gasteiger partial charge >= 0.3 is 0 Å². The van der Waals surface area contributed by atoms with Gasteiger partial charge in [0.05, 0.1) is 48.1 Å². The maximum absolute atomic E-state index is 13.8. The number of anilines is 2. The Labute approximate surface area is 257 Å². The molecule has 0 spiro atoms. The zero-order valence-corrected chi connectivity index (χ0v) is 26.1. The summed E-state index contributed by atoms with van der Waals surface area (Å²) in [7, 11) is 3.54. The van der Waals surface area contributed by atoms with Crippen molar-refractivity contribution in [2.24, 2.45) is 0 Å². The Bertz CT molecular complexity index is 1270. The number of carbonyl (C=O) groups is 1. The van der Waals surface area contributed by atoms with Crippen LogP contribution in [0.25, 0.3) is 11.1 Å². The van der Waals surface area contributed by atoms with E-state index in [4.69, 9.17) is 32.7 Å². The Hall–Kier alpha value is -2.46. The first kappa shape index (κ1) is 31.5. The number of para-hydroxylation sites is 1. The first-order valence-electron chi connectivity index (χ1n) is 13.6. The van der Waals surface area contributed by atoms with Crippen LogP contribution in [0.5, 0.6) is 0 Å². The molecular weight excluding hydrogens is 579 g/mol. The number of likely N-dealkylation sites (N-methyl/N-ethyl adjacent to an activating group) is 1. The lowest BCUT2D eigenvalue weighted by molar-refractivity contribution is -0.131. The molecule has 220 valence electrons. The quantitative estimate of drug-likeness (QED) is 0.225. The molecule has 1 heterocycles. The van der Waals surface area contributed by atoms with Gasteiger partial charge in [0, 0.05) is 57.8 Å². The number of carbonyl (C=O) groups excluding carboxylic acids is 1. The van der Waals surface area contributed by atoms with E-state index in [9.17, 15) is 4.79 Å². The fourth-order valence-corrected chi connectivity index (χ4v) is 5.62. The van der Waals surface area contributed by atoms with Crippen LogP contribution in [0.4, 0.5) is 11.4 Å². The number of amides is 1. The van der Waals surface area contributed by atoms with Crippen LogP contribution in [-0.2, 0) is 14.3 Å². The van der Waals surface area contributed by atoms with Gasteiger partial charge in [-0.25, -0.2) is 0 Å². The highest BCUT2D eigenvalue weighted by Gasteiger charge is 2.27. The average molecular weight is 618 g/mol. The summed E-state index contributed by atoms with van der Waals surface area (Å²) in [5.74, 6) is 0.00373. The van der Waals surface area contributed by atoms with Gasteiger partial charge in [0.1, 0.15) is 0 Å². The smallest absolute Gasteiger partial charge is 0.242 e. The monoisotopic (exact) mass is 616 g/mol. The van der Waals surface area contributed by atoms with Gasteiger partial charge in [0.15, 0.2) is 0 Å². The minimum atomic E-state index is -0.132. The molecule has 1 amide bonds. The number of benzene rings is 3. The summed E-state index contributed by atoms with van der Waals surface area (Å²) >= 11 is 14.0. The molecule has 3 aromatic carbocycles. The third-order valence-electron chi connectivity index (χ3n) is 7.30. The van der Waals surface area contributed by atoms with Crippen molar-refractivity contribution in [1.29, 1.82) is 0 Å². The van der Waals surface area contributed by atoms with Crippen molar-refractivity contribution in [3.63, 3.8) is 0 Å². The van der Waals surface area contributed by atoms with Crippen molar-refractivity contribution < 1.29 is 14.3 Å². The van der Waals surface area contributed by atoms with Crippen molar-refractivity contribution >= 4 is 52.4 Å². The SMILES string of the molecule is COCCN(CC(=O)N(C)C(CN1CCOCC1)c1ccc(-c2ccccc2NSC)cc1)c1ccc(Cl)c(Cl)c1. The molecule has 4 rings (SSSR count). The van der Waals surface area contributed by atoms with Crippen molar-refractivity contribution in [2.45, 2.75) is 6.04 Å². The van der Waals surface area contributed by atoms with Gasteiger partial charge in [-0.15, -0.1) is 0 Å². The second kappa shape index (κ2) is 15.7. The Balaban J connectivity index is 1.58. The largest absolute Gasteiger partial charge is 0.383 e. The first-order valence-corrected chi connectivity index (χ1v) is 15.6. The molecule has 0 radical (unpaired) electrons. The summed E-state index contributed by atoms with van der Waals surface area (Å²) < 4.78 is 14.3. The maximum atomic E-state index is 13.8. The molecule has 1 atom stereocenters. The molecule has 1 fully saturated rings. The topological polar surface area (TPSA) is 57.3 Å². The number of rotatable bonds is 13. The molecule has 1 aliphatic rings. The van der Waals surface area contributed by atoms with E-state index >= 15 is 0 Å². The zero-order chi connectivity index (χ0) is 29.2. The van der Waals surface area contributed by atoms with Crippen LogP contribution >= 0.6 is 35.1 Å².